The fourth-order valence-corrected chi connectivity index (χ4v) is 3.25. The third-order valence-corrected chi connectivity index (χ3v) is 4.39. The van der Waals surface area contributed by atoms with Crippen LogP contribution in [0.4, 0.5) is 0 Å². The van der Waals surface area contributed by atoms with Gasteiger partial charge in [0, 0.05) is 13.6 Å². The molecule has 0 bridgehead atoms. The number of hydrogen-bond donors (Lipinski definition) is 0. The van der Waals surface area contributed by atoms with Crippen LogP contribution >= 0.6 is 34.5 Å². The van der Waals surface area contributed by atoms with Crippen LogP contribution in [0, 0.1) is 6.92 Å². The first kappa shape index (κ1) is 14.4. The Kier molecular flexibility index (Phi) is 4.50. The van der Waals surface area contributed by atoms with E-state index in [9.17, 15) is 4.79 Å². The van der Waals surface area contributed by atoms with Crippen LogP contribution in [0.5, 0.6) is 0 Å². The normalized spacial score (nSPS) is 10.5. The Labute approximate surface area is 126 Å². The average molecular weight is 314 g/mol. The Bertz CT molecular complexity index is 609. The Morgan fingerprint density at radius 2 is 2.00 bits per heavy atom. The predicted octanol–water partition coefficient (Wildman–Crippen LogP) is 4.64. The van der Waals surface area contributed by atoms with E-state index in [0.717, 1.165) is 11.1 Å². The number of thiophene rings is 1. The van der Waals surface area contributed by atoms with E-state index in [4.69, 9.17) is 23.2 Å². The first-order valence-electron chi connectivity index (χ1n) is 5.74. The van der Waals surface area contributed by atoms with Gasteiger partial charge in [-0.15, -0.1) is 11.3 Å². The van der Waals surface area contributed by atoms with Crippen LogP contribution in [0.25, 0.3) is 0 Å². The van der Waals surface area contributed by atoms with E-state index >= 15 is 0 Å². The molecule has 0 aliphatic rings. The molecule has 1 aromatic carbocycles. The summed E-state index contributed by atoms with van der Waals surface area (Å²) in [6.07, 6.45) is 0. The zero-order valence-corrected chi connectivity index (χ0v) is 12.9. The van der Waals surface area contributed by atoms with Crippen molar-refractivity contribution in [3.8, 4) is 0 Å². The Morgan fingerprint density at radius 3 is 2.58 bits per heavy atom. The molecule has 5 heteroatoms. The third kappa shape index (κ3) is 3.30. The van der Waals surface area contributed by atoms with Gasteiger partial charge in [-0.2, -0.15) is 0 Å². The molecule has 19 heavy (non-hydrogen) atoms. The molecule has 0 saturated heterocycles. The maximum absolute atomic E-state index is 12.3. The topological polar surface area (TPSA) is 20.3 Å². The maximum atomic E-state index is 12.3. The van der Waals surface area contributed by atoms with Gasteiger partial charge < -0.3 is 4.90 Å². The molecule has 0 spiro atoms. The van der Waals surface area contributed by atoms with E-state index in [1.54, 1.807) is 18.0 Å². The molecular formula is C14H13Cl2NOS. The summed E-state index contributed by atoms with van der Waals surface area (Å²) in [6.45, 7) is 2.58. The fraction of sp³-hybridized carbons (Fsp3) is 0.214. The molecule has 100 valence electrons. The van der Waals surface area contributed by atoms with Crippen LogP contribution in [-0.2, 0) is 6.54 Å². The number of hydrogen-bond acceptors (Lipinski definition) is 2. The minimum atomic E-state index is -0.114. The van der Waals surface area contributed by atoms with E-state index in [1.807, 2.05) is 31.2 Å². The maximum Gasteiger partial charge on any atom is 0.256 e. The number of aryl methyl sites for hydroxylation is 1. The van der Waals surface area contributed by atoms with Crippen molar-refractivity contribution in [3.63, 3.8) is 0 Å². The number of carbonyl (C=O) groups is 1. The zero-order valence-electron chi connectivity index (χ0n) is 10.6. The number of benzene rings is 1. The smallest absolute Gasteiger partial charge is 0.256 e. The van der Waals surface area contributed by atoms with Gasteiger partial charge in [-0.1, -0.05) is 47.5 Å². The number of nitrogens with zero attached hydrogens (tertiary/aromatic N) is 1. The molecule has 0 aliphatic heterocycles. The van der Waals surface area contributed by atoms with Crippen molar-refractivity contribution in [1.29, 1.82) is 0 Å². The van der Waals surface area contributed by atoms with Crippen LogP contribution in [0.3, 0.4) is 0 Å². The first-order chi connectivity index (χ1) is 8.99. The van der Waals surface area contributed by atoms with E-state index in [0.29, 0.717) is 20.8 Å². The number of halogens is 2. The minimum absolute atomic E-state index is 0.114. The zero-order chi connectivity index (χ0) is 14.0. The van der Waals surface area contributed by atoms with Gasteiger partial charge in [0.1, 0.15) is 4.34 Å². The molecule has 0 saturated carbocycles. The average Bonchev–Trinajstić information content (AvgIpc) is 2.70. The summed E-state index contributed by atoms with van der Waals surface area (Å²) in [4.78, 5) is 13.9. The van der Waals surface area contributed by atoms with Crippen molar-refractivity contribution in [2.24, 2.45) is 0 Å². The van der Waals surface area contributed by atoms with Crippen molar-refractivity contribution in [2.75, 3.05) is 7.05 Å². The van der Waals surface area contributed by atoms with E-state index < -0.39 is 0 Å². The molecule has 2 aromatic rings. The molecule has 1 amide bonds. The van der Waals surface area contributed by atoms with Crippen LogP contribution in [0.2, 0.25) is 8.67 Å². The third-order valence-electron chi connectivity index (χ3n) is 2.90. The summed E-state index contributed by atoms with van der Waals surface area (Å²) in [5, 5.41) is 0. The van der Waals surface area contributed by atoms with Crippen molar-refractivity contribution in [1.82, 2.24) is 4.90 Å². The SMILES string of the molecule is Cc1ccccc1CN(C)C(=O)c1cc(Cl)sc1Cl. The standard InChI is InChI=1S/C14H13Cl2NOS/c1-9-5-3-4-6-10(9)8-17(2)14(18)11-7-12(15)19-13(11)16/h3-7H,8H2,1-2H3. The highest BCUT2D eigenvalue weighted by atomic mass is 35.5. The van der Waals surface area contributed by atoms with Gasteiger partial charge in [-0.25, -0.2) is 0 Å². The van der Waals surface area contributed by atoms with Gasteiger partial charge in [0.2, 0.25) is 0 Å². The van der Waals surface area contributed by atoms with Gasteiger partial charge in [0.25, 0.3) is 5.91 Å². The van der Waals surface area contributed by atoms with Gasteiger partial charge in [0.15, 0.2) is 0 Å². The molecular weight excluding hydrogens is 301 g/mol. The second-order valence-corrected chi connectivity index (χ2v) is 6.61. The van der Waals surface area contributed by atoms with Gasteiger partial charge in [-0.3, -0.25) is 4.79 Å². The lowest BCUT2D eigenvalue weighted by Gasteiger charge is -2.18. The van der Waals surface area contributed by atoms with E-state index in [1.165, 1.54) is 11.3 Å². The van der Waals surface area contributed by atoms with Gasteiger partial charge in [-0.05, 0) is 24.1 Å². The van der Waals surface area contributed by atoms with Gasteiger partial charge >= 0.3 is 0 Å². The lowest BCUT2D eigenvalue weighted by Crippen LogP contribution is -2.26. The van der Waals surface area contributed by atoms with Crippen LogP contribution in [0.1, 0.15) is 21.5 Å². The second kappa shape index (κ2) is 5.95. The number of carbonyl (C=O) groups excluding carboxylic acids is 1. The lowest BCUT2D eigenvalue weighted by molar-refractivity contribution is 0.0785. The Morgan fingerprint density at radius 1 is 1.32 bits per heavy atom. The molecule has 0 aliphatic carbocycles. The highest BCUT2D eigenvalue weighted by molar-refractivity contribution is 7.20. The Hall–Kier alpha value is -1.03. The number of amides is 1. The summed E-state index contributed by atoms with van der Waals surface area (Å²) in [7, 11) is 1.76. The van der Waals surface area contributed by atoms with Crippen molar-refractivity contribution < 1.29 is 4.79 Å². The molecule has 2 rings (SSSR count). The summed E-state index contributed by atoms with van der Waals surface area (Å²) in [5.74, 6) is -0.114. The minimum Gasteiger partial charge on any atom is -0.337 e. The number of rotatable bonds is 3. The van der Waals surface area contributed by atoms with Crippen molar-refractivity contribution in [3.05, 3.63) is 55.7 Å². The summed E-state index contributed by atoms with van der Waals surface area (Å²) >= 11 is 13.1. The fourth-order valence-electron chi connectivity index (χ4n) is 1.81. The molecule has 0 N–H and O–H groups in total. The first-order valence-corrected chi connectivity index (χ1v) is 7.31. The molecule has 1 aromatic heterocycles. The highest BCUT2D eigenvalue weighted by Crippen LogP contribution is 2.32. The van der Waals surface area contributed by atoms with Crippen molar-refractivity contribution >= 4 is 40.4 Å². The van der Waals surface area contributed by atoms with E-state index in [-0.39, 0.29) is 5.91 Å². The largest absolute Gasteiger partial charge is 0.337 e. The molecule has 2 nitrogen and oxygen atoms in total. The molecule has 0 atom stereocenters. The molecule has 1 heterocycles. The lowest BCUT2D eigenvalue weighted by atomic mass is 10.1. The molecule has 0 radical (unpaired) electrons. The monoisotopic (exact) mass is 313 g/mol. The van der Waals surface area contributed by atoms with Crippen LogP contribution in [-0.4, -0.2) is 17.9 Å². The summed E-state index contributed by atoms with van der Waals surface area (Å²) < 4.78 is 0.962. The quantitative estimate of drug-likeness (QED) is 0.808. The summed E-state index contributed by atoms with van der Waals surface area (Å²) in [5.41, 5.74) is 2.75. The Balaban J connectivity index is 2.16. The molecule has 0 unspecified atom stereocenters. The van der Waals surface area contributed by atoms with E-state index in [2.05, 4.69) is 0 Å². The van der Waals surface area contributed by atoms with Gasteiger partial charge in [0.05, 0.1) is 9.90 Å². The van der Waals surface area contributed by atoms with Crippen LogP contribution in [0.15, 0.2) is 30.3 Å². The predicted molar refractivity (Wildman–Crippen MR) is 81.3 cm³/mol. The highest BCUT2D eigenvalue weighted by Gasteiger charge is 2.18. The second-order valence-electron chi connectivity index (χ2n) is 4.33. The molecule has 0 fully saturated rings. The van der Waals surface area contributed by atoms with Crippen LogP contribution < -0.4 is 0 Å². The van der Waals surface area contributed by atoms with Crippen molar-refractivity contribution in [2.45, 2.75) is 13.5 Å². The summed E-state index contributed by atoms with van der Waals surface area (Å²) in [6, 6.07) is 9.61.